The third-order valence-electron chi connectivity index (χ3n) is 3.34. The first kappa shape index (κ1) is 15.0. The molecule has 0 spiro atoms. The molecule has 0 aliphatic rings. The Hall–Kier alpha value is -0.0500. The molecule has 17 heavy (non-hydrogen) atoms. The van der Waals surface area contributed by atoms with Crippen LogP contribution in [0.4, 0.5) is 0 Å². The Kier molecular flexibility index (Phi) is 6.53. The van der Waals surface area contributed by atoms with Crippen molar-refractivity contribution in [2.45, 2.75) is 53.0 Å². The number of hydrogen-bond donors (Lipinski definition) is 1. The Bertz CT molecular complexity index is 331. The van der Waals surface area contributed by atoms with Crippen LogP contribution in [0.2, 0.25) is 5.02 Å². The quantitative estimate of drug-likeness (QED) is 0.721. The van der Waals surface area contributed by atoms with Crippen molar-refractivity contribution in [2.24, 2.45) is 5.92 Å². The summed E-state index contributed by atoms with van der Waals surface area (Å²) in [6.07, 6.45) is 3.56. The highest BCUT2D eigenvalue weighted by molar-refractivity contribution is 7.10. The fourth-order valence-electron chi connectivity index (χ4n) is 2.19. The summed E-state index contributed by atoms with van der Waals surface area (Å²) in [5.74, 6) is 0.678. The summed E-state index contributed by atoms with van der Waals surface area (Å²) in [4.78, 5) is 1.33. The molecule has 1 N–H and O–H groups in total. The fourth-order valence-corrected chi connectivity index (χ4v) is 3.67. The second-order valence-electron chi connectivity index (χ2n) is 4.61. The smallest absolute Gasteiger partial charge is 0.0590 e. The molecular weight excluding hydrogens is 250 g/mol. The Balaban J connectivity index is 2.92. The van der Waals surface area contributed by atoms with Crippen LogP contribution in [0.25, 0.3) is 0 Å². The number of hydrogen-bond acceptors (Lipinski definition) is 2. The maximum absolute atomic E-state index is 6.41. The zero-order valence-electron chi connectivity index (χ0n) is 11.3. The van der Waals surface area contributed by atoms with Crippen molar-refractivity contribution < 1.29 is 0 Å². The van der Waals surface area contributed by atoms with Gasteiger partial charge in [-0.2, -0.15) is 0 Å². The largest absolute Gasteiger partial charge is 0.309 e. The molecule has 0 fully saturated rings. The molecule has 0 aromatic carbocycles. The van der Waals surface area contributed by atoms with Gasteiger partial charge in [0, 0.05) is 10.9 Å². The van der Waals surface area contributed by atoms with Gasteiger partial charge >= 0.3 is 0 Å². The lowest BCUT2D eigenvalue weighted by molar-refractivity contribution is 0.346. The molecule has 3 heteroatoms. The van der Waals surface area contributed by atoms with E-state index in [0.717, 1.165) is 11.6 Å². The molecule has 0 saturated heterocycles. The summed E-state index contributed by atoms with van der Waals surface area (Å²) >= 11 is 8.21. The zero-order valence-corrected chi connectivity index (χ0v) is 12.9. The maximum Gasteiger partial charge on any atom is 0.0590 e. The van der Waals surface area contributed by atoms with E-state index in [0.29, 0.717) is 12.0 Å². The lowest BCUT2D eigenvalue weighted by Crippen LogP contribution is -2.28. The zero-order chi connectivity index (χ0) is 12.8. The van der Waals surface area contributed by atoms with Gasteiger partial charge in [0.25, 0.3) is 0 Å². The molecule has 0 aliphatic carbocycles. The monoisotopic (exact) mass is 273 g/mol. The van der Waals surface area contributed by atoms with Gasteiger partial charge in [-0.3, -0.25) is 0 Å². The van der Waals surface area contributed by atoms with E-state index in [9.17, 15) is 0 Å². The summed E-state index contributed by atoms with van der Waals surface area (Å²) in [5.41, 5.74) is 1.21. The molecule has 1 aromatic rings. The molecule has 0 radical (unpaired) electrons. The first-order chi connectivity index (χ1) is 8.15. The van der Waals surface area contributed by atoms with Crippen LogP contribution in [-0.2, 0) is 0 Å². The fraction of sp³-hybridized carbons (Fsp3) is 0.714. The summed E-state index contributed by atoms with van der Waals surface area (Å²) in [6, 6.07) is 0.427. The Morgan fingerprint density at radius 1 is 1.29 bits per heavy atom. The van der Waals surface area contributed by atoms with Gasteiger partial charge < -0.3 is 5.32 Å². The lowest BCUT2D eigenvalue weighted by atomic mass is 9.92. The van der Waals surface area contributed by atoms with Crippen LogP contribution >= 0.6 is 22.9 Å². The Labute approximate surface area is 115 Å². The SMILES string of the molecule is CCCNC(c1scc(C)c1Cl)C(CC)CC. The van der Waals surface area contributed by atoms with Crippen LogP contribution in [0.1, 0.15) is 56.5 Å². The topological polar surface area (TPSA) is 12.0 Å². The molecule has 1 nitrogen and oxygen atoms in total. The van der Waals surface area contributed by atoms with Gasteiger partial charge in [0.1, 0.15) is 0 Å². The van der Waals surface area contributed by atoms with Crippen LogP contribution in [-0.4, -0.2) is 6.54 Å². The minimum Gasteiger partial charge on any atom is -0.309 e. The van der Waals surface area contributed by atoms with Crippen molar-refractivity contribution in [2.75, 3.05) is 6.54 Å². The molecule has 1 rings (SSSR count). The Morgan fingerprint density at radius 3 is 2.35 bits per heavy atom. The predicted octanol–water partition coefficient (Wildman–Crippen LogP) is 5.19. The van der Waals surface area contributed by atoms with E-state index >= 15 is 0 Å². The van der Waals surface area contributed by atoms with Crippen LogP contribution in [0, 0.1) is 12.8 Å². The third-order valence-corrected chi connectivity index (χ3v) is 5.14. The van der Waals surface area contributed by atoms with Gasteiger partial charge in [-0.1, -0.05) is 45.2 Å². The van der Waals surface area contributed by atoms with Crippen molar-refractivity contribution in [3.63, 3.8) is 0 Å². The first-order valence-electron chi connectivity index (χ1n) is 6.62. The molecule has 0 amide bonds. The Morgan fingerprint density at radius 2 is 1.94 bits per heavy atom. The molecule has 1 atom stereocenters. The number of thiophene rings is 1. The highest BCUT2D eigenvalue weighted by Gasteiger charge is 2.23. The van der Waals surface area contributed by atoms with E-state index in [2.05, 4.69) is 38.4 Å². The van der Waals surface area contributed by atoms with Crippen molar-refractivity contribution in [3.05, 3.63) is 20.8 Å². The lowest BCUT2D eigenvalue weighted by Gasteiger charge is -2.26. The van der Waals surface area contributed by atoms with Crippen LogP contribution in [0.15, 0.2) is 5.38 Å². The molecule has 0 saturated carbocycles. The average Bonchev–Trinajstić information content (AvgIpc) is 2.66. The summed E-state index contributed by atoms with van der Waals surface area (Å²) in [5, 5.41) is 6.80. The highest BCUT2D eigenvalue weighted by Crippen LogP contribution is 2.37. The van der Waals surface area contributed by atoms with Gasteiger partial charge in [0.2, 0.25) is 0 Å². The minimum atomic E-state index is 0.427. The first-order valence-corrected chi connectivity index (χ1v) is 7.88. The standard InChI is InChI=1S/C14H24ClNS/c1-5-8-16-13(11(6-2)7-3)14-12(15)10(4)9-17-14/h9,11,13,16H,5-8H2,1-4H3. The second-order valence-corrected chi connectivity index (χ2v) is 5.89. The highest BCUT2D eigenvalue weighted by atomic mass is 35.5. The van der Waals surface area contributed by atoms with Crippen LogP contribution < -0.4 is 5.32 Å². The number of rotatable bonds is 7. The maximum atomic E-state index is 6.41. The summed E-state index contributed by atoms with van der Waals surface area (Å²) in [7, 11) is 0. The van der Waals surface area contributed by atoms with E-state index in [1.807, 2.05) is 0 Å². The molecular formula is C14H24ClNS. The van der Waals surface area contributed by atoms with Gasteiger partial charge in [0.15, 0.2) is 0 Å². The van der Waals surface area contributed by atoms with E-state index in [-0.39, 0.29) is 0 Å². The number of aryl methyl sites for hydroxylation is 1. The summed E-state index contributed by atoms with van der Waals surface area (Å²) in [6.45, 7) is 9.89. The number of halogens is 1. The van der Waals surface area contributed by atoms with Gasteiger partial charge in [-0.05, 0) is 36.8 Å². The number of nitrogens with one attached hydrogen (secondary N) is 1. The van der Waals surface area contributed by atoms with Crippen LogP contribution in [0.3, 0.4) is 0 Å². The molecule has 1 aromatic heterocycles. The molecule has 0 aliphatic heterocycles. The molecule has 98 valence electrons. The third kappa shape index (κ3) is 3.70. The van der Waals surface area contributed by atoms with Crippen molar-refractivity contribution >= 4 is 22.9 Å². The molecule has 1 heterocycles. The summed E-state index contributed by atoms with van der Waals surface area (Å²) < 4.78 is 0. The van der Waals surface area contributed by atoms with Gasteiger partial charge in [-0.15, -0.1) is 11.3 Å². The van der Waals surface area contributed by atoms with Crippen molar-refractivity contribution in [1.82, 2.24) is 5.32 Å². The second kappa shape index (κ2) is 7.40. The van der Waals surface area contributed by atoms with Crippen LogP contribution in [0.5, 0.6) is 0 Å². The predicted molar refractivity (Wildman–Crippen MR) is 79.2 cm³/mol. The average molecular weight is 274 g/mol. The van der Waals surface area contributed by atoms with E-state index < -0.39 is 0 Å². The van der Waals surface area contributed by atoms with E-state index in [4.69, 9.17) is 11.6 Å². The van der Waals surface area contributed by atoms with E-state index in [1.54, 1.807) is 11.3 Å². The molecule has 0 bridgehead atoms. The van der Waals surface area contributed by atoms with Crippen molar-refractivity contribution in [3.8, 4) is 0 Å². The van der Waals surface area contributed by atoms with Gasteiger partial charge in [0.05, 0.1) is 5.02 Å². The minimum absolute atomic E-state index is 0.427. The normalized spacial score (nSPS) is 13.3. The van der Waals surface area contributed by atoms with Gasteiger partial charge in [-0.25, -0.2) is 0 Å². The van der Waals surface area contributed by atoms with E-state index in [1.165, 1.54) is 29.7 Å². The van der Waals surface area contributed by atoms with Crippen molar-refractivity contribution in [1.29, 1.82) is 0 Å². The molecule has 1 unspecified atom stereocenters.